The summed E-state index contributed by atoms with van der Waals surface area (Å²) in [5, 5.41) is 11.2. The summed E-state index contributed by atoms with van der Waals surface area (Å²) in [6.45, 7) is 1.52. The Morgan fingerprint density at radius 3 is 2.93 bits per heavy atom. The number of pyridine rings is 1. The van der Waals surface area contributed by atoms with Gasteiger partial charge in [0.2, 0.25) is 5.95 Å². The van der Waals surface area contributed by atoms with Crippen LogP contribution in [0.3, 0.4) is 0 Å². The average Bonchev–Trinajstić information content (AvgIpc) is 2.18. The molecule has 0 aliphatic heterocycles. The molecule has 14 heavy (non-hydrogen) atoms. The predicted molar refractivity (Wildman–Crippen MR) is 48.2 cm³/mol. The van der Waals surface area contributed by atoms with Crippen molar-refractivity contribution in [2.24, 2.45) is 0 Å². The largest absolute Gasteiger partial charge is 0.394 e. The van der Waals surface area contributed by atoms with E-state index in [1.807, 2.05) is 0 Å². The molecule has 5 heteroatoms. The highest BCUT2D eigenvalue weighted by Gasteiger charge is 2.08. The van der Waals surface area contributed by atoms with E-state index in [1.165, 1.54) is 6.07 Å². The molecule has 0 aromatic carbocycles. The lowest BCUT2D eigenvalue weighted by atomic mass is 10.2. The van der Waals surface area contributed by atoms with Crippen molar-refractivity contribution in [1.29, 1.82) is 0 Å². The first-order valence-electron chi connectivity index (χ1n) is 4.16. The Hall–Kier alpha value is -1.49. The molecule has 1 rings (SSSR count). The summed E-state index contributed by atoms with van der Waals surface area (Å²) in [6.07, 6.45) is 1.15. The van der Waals surface area contributed by atoms with Crippen molar-refractivity contribution < 1.29 is 14.3 Å². The van der Waals surface area contributed by atoms with Crippen LogP contribution in [-0.2, 0) is 0 Å². The fraction of sp³-hybridized carbons (Fsp3) is 0.333. The Balaban J connectivity index is 2.65. The summed E-state index contributed by atoms with van der Waals surface area (Å²) < 4.78 is 12.4. The van der Waals surface area contributed by atoms with Crippen LogP contribution in [0.5, 0.6) is 0 Å². The normalized spacial score (nSPS) is 12.2. The van der Waals surface area contributed by atoms with E-state index in [4.69, 9.17) is 5.11 Å². The van der Waals surface area contributed by atoms with Gasteiger partial charge < -0.3 is 10.4 Å². The van der Waals surface area contributed by atoms with E-state index in [1.54, 1.807) is 6.92 Å². The molecule has 0 bridgehead atoms. The van der Waals surface area contributed by atoms with E-state index < -0.39 is 5.95 Å². The van der Waals surface area contributed by atoms with E-state index in [2.05, 4.69) is 10.3 Å². The minimum atomic E-state index is -0.628. The molecule has 4 nitrogen and oxygen atoms in total. The number of aromatic nitrogens is 1. The first kappa shape index (κ1) is 10.6. The third-order valence-corrected chi connectivity index (χ3v) is 1.64. The zero-order valence-electron chi connectivity index (χ0n) is 7.70. The van der Waals surface area contributed by atoms with Gasteiger partial charge in [-0.25, -0.2) is 4.98 Å². The van der Waals surface area contributed by atoms with Crippen LogP contribution in [-0.4, -0.2) is 28.6 Å². The average molecular weight is 198 g/mol. The molecular formula is C9H11FN2O2. The second-order valence-corrected chi connectivity index (χ2v) is 2.93. The molecule has 1 aromatic heterocycles. The topological polar surface area (TPSA) is 62.2 Å². The summed E-state index contributed by atoms with van der Waals surface area (Å²) in [4.78, 5) is 14.7. The van der Waals surface area contributed by atoms with Crippen molar-refractivity contribution in [3.05, 3.63) is 29.8 Å². The highest BCUT2D eigenvalue weighted by atomic mass is 19.1. The number of hydrogen-bond acceptors (Lipinski definition) is 3. The van der Waals surface area contributed by atoms with E-state index >= 15 is 0 Å². The minimum absolute atomic E-state index is 0.139. The zero-order valence-corrected chi connectivity index (χ0v) is 7.70. The van der Waals surface area contributed by atoms with Gasteiger partial charge in [0.15, 0.2) is 0 Å². The van der Waals surface area contributed by atoms with E-state index in [0.717, 1.165) is 12.3 Å². The Labute approximate surface area is 80.8 Å². The van der Waals surface area contributed by atoms with Crippen LogP contribution in [0.1, 0.15) is 17.3 Å². The van der Waals surface area contributed by atoms with Crippen molar-refractivity contribution in [2.45, 2.75) is 13.0 Å². The molecule has 0 fully saturated rings. The van der Waals surface area contributed by atoms with Crippen LogP contribution in [0.2, 0.25) is 0 Å². The number of nitrogens with one attached hydrogen (secondary N) is 1. The summed E-state index contributed by atoms with van der Waals surface area (Å²) in [5.74, 6) is -1.00. The van der Waals surface area contributed by atoms with Crippen LogP contribution in [0.4, 0.5) is 4.39 Å². The zero-order chi connectivity index (χ0) is 10.6. The summed E-state index contributed by atoms with van der Waals surface area (Å²) in [7, 11) is 0. The smallest absolute Gasteiger partial charge is 0.253 e. The molecule has 1 unspecified atom stereocenters. The molecule has 1 amide bonds. The molecular weight excluding hydrogens is 187 g/mol. The lowest BCUT2D eigenvalue weighted by molar-refractivity contribution is 0.0922. The fourth-order valence-electron chi connectivity index (χ4n) is 0.863. The van der Waals surface area contributed by atoms with Gasteiger partial charge in [-0.15, -0.1) is 0 Å². The van der Waals surface area contributed by atoms with E-state index in [-0.39, 0.29) is 24.1 Å². The molecule has 0 aliphatic rings. The maximum atomic E-state index is 12.4. The lowest BCUT2D eigenvalue weighted by Crippen LogP contribution is -2.35. The van der Waals surface area contributed by atoms with Gasteiger partial charge in [0, 0.05) is 12.2 Å². The molecule has 0 spiro atoms. The Morgan fingerprint density at radius 2 is 2.43 bits per heavy atom. The predicted octanol–water partition coefficient (Wildman–Crippen LogP) is 0.331. The number of carbonyl (C=O) groups excluding carboxylic acids is 1. The van der Waals surface area contributed by atoms with Crippen LogP contribution >= 0.6 is 0 Å². The monoisotopic (exact) mass is 198 g/mol. The van der Waals surface area contributed by atoms with Gasteiger partial charge in [0.1, 0.15) is 0 Å². The number of amides is 1. The number of halogens is 1. The third-order valence-electron chi connectivity index (χ3n) is 1.64. The quantitative estimate of drug-likeness (QED) is 0.688. The van der Waals surface area contributed by atoms with Gasteiger partial charge in [0.05, 0.1) is 12.2 Å². The highest BCUT2D eigenvalue weighted by molar-refractivity contribution is 5.93. The van der Waals surface area contributed by atoms with Crippen molar-refractivity contribution in [1.82, 2.24) is 10.3 Å². The maximum Gasteiger partial charge on any atom is 0.253 e. The number of nitrogens with zero attached hydrogens (tertiary/aromatic N) is 1. The molecule has 76 valence electrons. The maximum absolute atomic E-state index is 12.4. The fourth-order valence-corrected chi connectivity index (χ4v) is 0.863. The molecule has 0 aliphatic carbocycles. The first-order chi connectivity index (χ1) is 6.63. The van der Waals surface area contributed by atoms with Crippen LogP contribution in [0.15, 0.2) is 18.3 Å². The lowest BCUT2D eigenvalue weighted by Gasteiger charge is -2.09. The summed E-state index contributed by atoms with van der Waals surface area (Å²) >= 11 is 0. The molecule has 2 N–H and O–H groups in total. The number of rotatable bonds is 3. The molecule has 1 atom stereocenters. The van der Waals surface area contributed by atoms with E-state index in [9.17, 15) is 9.18 Å². The number of carbonyl (C=O) groups is 1. The van der Waals surface area contributed by atoms with Gasteiger partial charge in [-0.05, 0) is 19.1 Å². The van der Waals surface area contributed by atoms with Gasteiger partial charge >= 0.3 is 0 Å². The third kappa shape index (κ3) is 2.77. The summed E-state index contributed by atoms with van der Waals surface area (Å²) in [5.41, 5.74) is 0.270. The number of hydrogen-bond donors (Lipinski definition) is 2. The van der Waals surface area contributed by atoms with Crippen molar-refractivity contribution in [3.8, 4) is 0 Å². The second kappa shape index (κ2) is 4.66. The van der Waals surface area contributed by atoms with Gasteiger partial charge in [-0.2, -0.15) is 4.39 Å². The van der Waals surface area contributed by atoms with Crippen LogP contribution in [0.25, 0.3) is 0 Å². The second-order valence-electron chi connectivity index (χ2n) is 2.93. The van der Waals surface area contributed by atoms with Crippen molar-refractivity contribution >= 4 is 5.91 Å². The molecule has 0 saturated carbocycles. The molecule has 0 saturated heterocycles. The summed E-state index contributed by atoms with van der Waals surface area (Å²) in [6, 6.07) is 2.12. The molecule has 0 radical (unpaired) electrons. The minimum Gasteiger partial charge on any atom is -0.394 e. The number of aliphatic hydroxyl groups is 1. The van der Waals surface area contributed by atoms with E-state index in [0.29, 0.717) is 0 Å². The standard InChI is InChI=1S/C9H11FN2O2/c1-6(5-13)12-9(14)7-2-3-8(10)11-4-7/h2-4,6,13H,5H2,1H3,(H,12,14). The van der Waals surface area contributed by atoms with Crippen molar-refractivity contribution in [2.75, 3.05) is 6.61 Å². The van der Waals surface area contributed by atoms with Crippen molar-refractivity contribution in [3.63, 3.8) is 0 Å². The Morgan fingerprint density at radius 1 is 1.71 bits per heavy atom. The van der Waals surface area contributed by atoms with Crippen LogP contribution in [0, 0.1) is 5.95 Å². The Bertz CT molecular complexity index is 313. The van der Waals surface area contributed by atoms with Gasteiger partial charge in [-0.3, -0.25) is 4.79 Å². The Kier molecular flexibility index (Phi) is 3.53. The van der Waals surface area contributed by atoms with Gasteiger partial charge in [0.25, 0.3) is 5.91 Å². The SMILES string of the molecule is CC(CO)NC(=O)c1ccc(F)nc1. The van der Waals surface area contributed by atoms with Gasteiger partial charge in [-0.1, -0.05) is 0 Å². The number of aliphatic hydroxyl groups excluding tert-OH is 1. The highest BCUT2D eigenvalue weighted by Crippen LogP contribution is 1.99. The first-order valence-corrected chi connectivity index (χ1v) is 4.16. The molecule has 1 heterocycles. The van der Waals surface area contributed by atoms with Crippen LogP contribution < -0.4 is 5.32 Å². The molecule has 1 aromatic rings.